The number of nitrogens with one attached hydrogen (secondary N) is 1. The van der Waals surface area contributed by atoms with Gasteiger partial charge in [-0.2, -0.15) is 8.42 Å². The van der Waals surface area contributed by atoms with Gasteiger partial charge < -0.3 is 14.4 Å². The van der Waals surface area contributed by atoms with E-state index in [2.05, 4.69) is 5.32 Å². The summed E-state index contributed by atoms with van der Waals surface area (Å²) in [6, 6.07) is 11.2. The number of urea groups is 1. The molecule has 6 nitrogen and oxygen atoms in total. The van der Waals surface area contributed by atoms with Crippen LogP contribution in [0.2, 0.25) is 10.0 Å². The topological polar surface area (TPSA) is 75.7 Å². The zero-order valence-electron chi connectivity index (χ0n) is 15.8. The molecule has 152 valence electrons. The number of carbonyl (C=O) groups excluding carboxylic acids is 1. The van der Waals surface area contributed by atoms with Crippen molar-refractivity contribution < 1.29 is 17.4 Å². The number of benzene rings is 2. The van der Waals surface area contributed by atoms with Crippen molar-refractivity contribution in [1.82, 2.24) is 4.90 Å². The zero-order chi connectivity index (χ0) is 20.9. The Hall–Kier alpha value is -1.96. The summed E-state index contributed by atoms with van der Waals surface area (Å²) >= 11 is 11.9. The first-order valence-electron chi connectivity index (χ1n) is 8.53. The second-order valence-electron chi connectivity index (χ2n) is 6.77. The van der Waals surface area contributed by atoms with Crippen LogP contribution in [-0.2, 0) is 16.7 Å². The van der Waals surface area contributed by atoms with E-state index in [4.69, 9.17) is 27.4 Å². The SMILES string of the molecule is CC(C)CN(Cc1cccc(OS(C)(=O)=O)c1)C(=O)Nc1ccc(Cl)c(Cl)c1. The van der Waals surface area contributed by atoms with Crippen molar-refractivity contribution in [2.75, 3.05) is 18.1 Å². The fourth-order valence-electron chi connectivity index (χ4n) is 2.53. The molecule has 0 aromatic heterocycles. The minimum Gasteiger partial charge on any atom is -0.383 e. The van der Waals surface area contributed by atoms with E-state index in [-0.39, 0.29) is 24.2 Å². The first kappa shape index (κ1) is 22.3. The second kappa shape index (κ2) is 9.49. The van der Waals surface area contributed by atoms with Crippen LogP contribution in [0.3, 0.4) is 0 Å². The molecule has 0 bridgehead atoms. The quantitative estimate of drug-likeness (QED) is 0.607. The summed E-state index contributed by atoms with van der Waals surface area (Å²) < 4.78 is 27.6. The van der Waals surface area contributed by atoms with Gasteiger partial charge in [-0.1, -0.05) is 49.2 Å². The number of anilines is 1. The van der Waals surface area contributed by atoms with Crippen LogP contribution in [0.15, 0.2) is 42.5 Å². The molecule has 0 saturated carbocycles. The highest BCUT2D eigenvalue weighted by Crippen LogP contribution is 2.25. The van der Waals surface area contributed by atoms with E-state index in [9.17, 15) is 13.2 Å². The number of halogens is 2. The predicted molar refractivity (Wildman–Crippen MR) is 113 cm³/mol. The van der Waals surface area contributed by atoms with E-state index >= 15 is 0 Å². The average Bonchev–Trinajstić information content (AvgIpc) is 2.56. The molecule has 0 aliphatic carbocycles. The molecule has 1 N–H and O–H groups in total. The van der Waals surface area contributed by atoms with Gasteiger partial charge in [-0.3, -0.25) is 0 Å². The Morgan fingerprint density at radius 1 is 1.14 bits per heavy atom. The van der Waals surface area contributed by atoms with Crippen LogP contribution >= 0.6 is 23.2 Å². The van der Waals surface area contributed by atoms with E-state index in [0.29, 0.717) is 22.3 Å². The largest absolute Gasteiger partial charge is 0.383 e. The van der Waals surface area contributed by atoms with E-state index in [0.717, 1.165) is 11.8 Å². The van der Waals surface area contributed by atoms with E-state index in [1.807, 2.05) is 13.8 Å². The lowest BCUT2D eigenvalue weighted by atomic mass is 10.1. The highest BCUT2D eigenvalue weighted by molar-refractivity contribution is 7.86. The molecule has 2 amide bonds. The number of amides is 2. The summed E-state index contributed by atoms with van der Waals surface area (Å²) in [6.07, 6.45) is 0.982. The van der Waals surface area contributed by atoms with Gasteiger partial charge in [0.25, 0.3) is 0 Å². The summed E-state index contributed by atoms with van der Waals surface area (Å²) in [7, 11) is -3.62. The maximum atomic E-state index is 12.8. The van der Waals surface area contributed by atoms with E-state index in [1.54, 1.807) is 47.4 Å². The Morgan fingerprint density at radius 2 is 1.86 bits per heavy atom. The van der Waals surface area contributed by atoms with Crippen molar-refractivity contribution in [1.29, 1.82) is 0 Å². The summed E-state index contributed by atoms with van der Waals surface area (Å²) in [5, 5.41) is 3.56. The molecule has 0 fully saturated rings. The fourth-order valence-corrected chi connectivity index (χ4v) is 3.28. The fraction of sp³-hybridized carbons (Fsp3) is 0.316. The van der Waals surface area contributed by atoms with Gasteiger partial charge in [0.2, 0.25) is 0 Å². The second-order valence-corrected chi connectivity index (χ2v) is 9.16. The third-order valence-electron chi connectivity index (χ3n) is 3.56. The molecule has 9 heteroatoms. The van der Waals surface area contributed by atoms with Crippen molar-refractivity contribution in [3.8, 4) is 5.75 Å². The van der Waals surface area contributed by atoms with Crippen LogP contribution in [0.4, 0.5) is 10.5 Å². The Kier molecular flexibility index (Phi) is 7.57. The lowest BCUT2D eigenvalue weighted by molar-refractivity contribution is 0.201. The lowest BCUT2D eigenvalue weighted by Gasteiger charge is -2.25. The predicted octanol–water partition coefficient (Wildman–Crippen LogP) is 5.02. The molecule has 0 heterocycles. The van der Waals surface area contributed by atoms with Gasteiger partial charge in [-0.05, 0) is 41.8 Å². The Bertz CT molecular complexity index is 949. The van der Waals surface area contributed by atoms with Crippen LogP contribution in [-0.4, -0.2) is 32.1 Å². The van der Waals surface area contributed by atoms with Gasteiger partial charge in [-0.15, -0.1) is 0 Å². The zero-order valence-corrected chi connectivity index (χ0v) is 18.1. The number of carbonyl (C=O) groups is 1. The molecule has 0 unspecified atom stereocenters. The monoisotopic (exact) mass is 444 g/mol. The average molecular weight is 445 g/mol. The van der Waals surface area contributed by atoms with Gasteiger partial charge in [0.05, 0.1) is 16.3 Å². The summed E-state index contributed by atoms with van der Waals surface area (Å²) in [5.74, 6) is 0.435. The molecular formula is C19H22Cl2N2O4S. The maximum absolute atomic E-state index is 12.8. The van der Waals surface area contributed by atoms with Crippen LogP contribution in [0.1, 0.15) is 19.4 Å². The van der Waals surface area contributed by atoms with Crippen LogP contribution in [0.5, 0.6) is 5.75 Å². The minimum atomic E-state index is -3.62. The third kappa shape index (κ3) is 7.22. The van der Waals surface area contributed by atoms with E-state index in [1.165, 1.54) is 0 Å². The van der Waals surface area contributed by atoms with Crippen molar-refractivity contribution in [3.63, 3.8) is 0 Å². The molecule has 2 aromatic rings. The molecule has 2 rings (SSSR count). The van der Waals surface area contributed by atoms with Crippen LogP contribution < -0.4 is 9.50 Å². The highest BCUT2D eigenvalue weighted by atomic mass is 35.5. The summed E-state index contributed by atoms with van der Waals surface area (Å²) in [4.78, 5) is 14.4. The Labute approximate surface area is 175 Å². The molecule has 0 aliphatic heterocycles. The van der Waals surface area contributed by atoms with Gasteiger partial charge in [0.15, 0.2) is 0 Å². The van der Waals surface area contributed by atoms with Gasteiger partial charge in [-0.25, -0.2) is 4.79 Å². The lowest BCUT2D eigenvalue weighted by Crippen LogP contribution is -2.37. The molecule has 0 radical (unpaired) electrons. The van der Waals surface area contributed by atoms with Crippen molar-refractivity contribution in [3.05, 3.63) is 58.1 Å². The first-order valence-corrected chi connectivity index (χ1v) is 11.1. The van der Waals surface area contributed by atoms with Crippen LogP contribution in [0.25, 0.3) is 0 Å². The normalized spacial score (nSPS) is 11.4. The molecule has 2 aromatic carbocycles. The third-order valence-corrected chi connectivity index (χ3v) is 4.80. The number of hydrogen-bond donors (Lipinski definition) is 1. The summed E-state index contributed by atoms with van der Waals surface area (Å²) in [6.45, 7) is 4.79. The first-order chi connectivity index (χ1) is 13.0. The van der Waals surface area contributed by atoms with Gasteiger partial charge >= 0.3 is 16.1 Å². The van der Waals surface area contributed by atoms with Crippen molar-refractivity contribution >= 4 is 45.0 Å². The number of nitrogens with zero attached hydrogens (tertiary/aromatic N) is 1. The Balaban J connectivity index is 2.17. The molecular weight excluding hydrogens is 423 g/mol. The van der Waals surface area contributed by atoms with Crippen LogP contribution in [0, 0.1) is 5.92 Å². The van der Waals surface area contributed by atoms with Gasteiger partial charge in [0, 0.05) is 18.8 Å². The molecule has 0 atom stereocenters. The molecule has 28 heavy (non-hydrogen) atoms. The number of hydrogen-bond acceptors (Lipinski definition) is 4. The summed E-state index contributed by atoms with van der Waals surface area (Å²) in [5.41, 5.74) is 1.27. The molecule has 0 saturated heterocycles. The maximum Gasteiger partial charge on any atom is 0.322 e. The standard InChI is InChI=1S/C19H22Cl2N2O4S/c1-13(2)11-23(19(24)22-15-7-8-17(20)18(21)10-15)12-14-5-4-6-16(9-14)27-28(3,25)26/h4-10,13H,11-12H2,1-3H3,(H,22,24). The van der Waals surface area contributed by atoms with Crippen molar-refractivity contribution in [2.45, 2.75) is 20.4 Å². The Morgan fingerprint density at radius 3 is 2.46 bits per heavy atom. The highest BCUT2D eigenvalue weighted by Gasteiger charge is 2.17. The van der Waals surface area contributed by atoms with E-state index < -0.39 is 10.1 Å². The molecule has 0 aliphatic rings. The smallest absolute Gasteiger partial charge is 0.322 e. The van der Waals surface area contributed by atoms with Gasteiger partial charge in [0.1, 0.15) is 5.75 Å². The molecule has 0 spiro atoms. The number of rotatable bonds is 7. The van der Waals surface area contributed by atoms with Crippen molar-refractivity contribution in [2.24, 2.45) is 5.92 Å². The minimum absolute atomic E-state index is 0.203.